The molecule has 0 radical (unpaired) electrons. The van der Waals surface area contributed by atoms with Gasteiger partial charge in [-0.3, -0.25) is 14.5 Å². The molecule has 0 saturated carbocycles. The van der Waals surface area contributed by atoms with Crippen molar-refractivity contribution in [2.45, 2.75) is 6.42 Å². The Morgan fingerprint density at radius 2 is 1.96 bits per heavy atom. The molecule has 116 valence electrons. The van der Waals surface area contributed by atoms with E-state index in [0.29, 0.717) is 12.1 Å². The van der Waals surface area contributed by atoms with E-state index >= 15 is 0 Å². The maximum Gasteiger partial charge on any atom is 0.252 e. The fraction of sp³-hybridized carbons (Fsp3) is 0.167. The molecule has 0 fully saturated rings. The number of nitrogens with zero attached hydrogens (tertiary/aromatic N) is 3. The summed E-state index contributed by atoms with van der Waals surface area (Å²) in [4.78, 5) is 16.5. The van der Waals surface area contributed by atoms with E-state index in [-0.39, 0.29) is 5.91 Å². The van der Waals surface area contributed by atoms with Crippen molar-refractivity contribution < 1.29 is 4.79 Å². The molecule has 0 aliphatic heterocycles. The van der Waals surface area contributed by atoms with Crippen molar-refractivity contribution in [2.75, 3.05) is 6.54 Å². The van der Waals surface area contributed by atoms with E-state index in [4.69, 9.17) is 0 Å². The molecule has 1 N–H and O–H groups in total. The number of amides is 1. The van der Waals surface area contributed by atoms with Gasteiger partial charge in [0.1, 0.15) is 0 Å². The summed E-state index contributed by atoms with van der Waals surface area (Å²) in [6, 6.07) is 13.7. The van der Waals surface area contributed by atoms with E-state index in [1.165, 1.54) is 5.56 Å². The van der Waals surface area contributed by atoms with Gasteiger partial charge in [0.25, 0.3) is 5.91 Å². The first-order valence-electron chi connectivity index (χ1n) is 7.49. The van der Waals surface area contributed by atoms with Crippen molar-refractivity contribution in [3.8, 4) is 11.3 Å². The number of hydrogen-bond acceptors (Lipinski definition) is 3. The lowest BCUT2D eigenvalue weighted by molar-refractivity contribution is 0.0954. The second kappa shape index (κ2) is 6.87. The van der Waals surface area contributed by atoms with Crippen LogP contribution in [0, 0.1) is 0 Å². The minimum absolute atomic E-state index is 0.105. The topological polar surface area (TPSA) is 59.8 Å². The molecule has 1 aromatic carbocycles. The summed E-state index contributed by atoms with van der Waals surface area (Å²) in [6.07, 6.45) is 6.05. The average molecular weight is 306 g/mol. The number of aryl methyl sites for hydroxylation is 1. The number of nitrogens with one attached hydrogen (secondary N) is 1. The Kier molecular flexibility index (Phi) is 4.47. The summed E-state index contributed by atoms with van der Waals surface area (Å²) in [7, 11) is 1.86. The van der Waals surface area contributed by atoms with Crippen molar-refractivity contribution in [1.29, 1.82) is 0 Å². The average Bonchev–Trinajstić information content (AvgIpc) is 3.02. The molecular weight excluding hydrogens is 288 g/mol. The van der Waals surface area contributed by atoms with E-state index in [1.54, 1.807) is 23.1 Å². The Labute approximate surface area is 135 Å². The Balaban J connectivity index is 1.57. The van der Waals surface area contributed by atoms with Crippen LogP contribution in [-0.2, 0) is 13.5 Å². The SMILES string of the molecule is Cn1cc(-c2ccc(C(=O)NCCc3ccccc3)cn2)cn1. The van der Waals surface area contributed by atoms with Gasteiger partial charge in [-0.2, -0.15) is 5.10 Å². The molecule has 0 aliphatic rings. The number of carbonyl (C=O) groups excluding carboxylic acids is 1. The summed E-state index contributed by atoms with van der Waals surface area (Å²) in [5.41, 5.74) is 3.51. The minimum atomic E-state index is -0.105. The minimum Gasteiger partial charge on any atom is -0.352 e. The number of aromatic nitrogens is 3. The van der Waals surface area contributed by atoms with Crippen molar-refractivity contribution in [3.63, 3.8) is 0 Å². The third-order valence-electron chi connectivity index (χ3n) is 3.57. The van der Waals surface area contributed by atoms with Crippen LogP contribution < -0.4 is 5.32 Å². The van der Waals surface area contributed by atoms with Gasteiger partial charge in [0.15, 0.2) is 0 Å². The lowest BCUT2D eigenvalue weighted by atomic mass is 10.1. The Morgan fingerprint density at radius 1 is 1.13 bits per heavy atom. The standard InChI is InChI=1S/C18H18N4O/c1-22-13-16(12-21-22)17-8-7-15(11-20-17)18(23)19-10-9-14-5-3-2-4-6-14/h2-8,11-13H,9-10H2,1H3,(H,19,23). The molecule has 0 bridgehead atoms. The molecule has 5 nitrogen and oxygen atoms in total. The number of pyridine rings is 1. The zero-order valence-electron chi connectivity index (χ0n) is 12.9. The summed E-state index contributed by atoms with van der Waals surface area (Å²) in [6.45, 7) is 0.604. The molecule has 2 aromatic heterocycles. The molecule has 23 heavy (non-hydrogen) atoms. The maximum absolute atomic E-state index is 12.1. The highest BCUT2D eigenvalue weighted by Gasteiger charge is 2.07. The molecule has 5 heteroatoms. The lowest BCUT2D eigenvalue weighted by Gasteiger charge is -2.05. The van der Waals surface area contributed by atoms with Crippen molar-refractivity contribution in [1.82, 2.24) is 20.1 Å². The molecular formula is C18H18N4O. The number of hydrogen-bond donors (Lipinski definition) is 1. The fourth-order valence-corrected chi connectivity index (χ4v) is 2.32. The van der Waals surface area contributed by atoms with Crippen LogP contribution >= 0.6 is 0 Å². The molecule has 0 spiro atoms. The monoisotopic (exact) mass is 306 g/mol. The molecule has 3 aromatic rings. The zero-order valence-corrected chi connectivity index (χ0v) is 12.9. The van der Waals surface area contributed by atoms with E-state index in [1.807, 2.05) is 37.5 Å². The Morgan fingerprint density at radius 3 is 2.61 bits per heavy atom. The third-order valence-corrected chi connectivity index (χ3v) is 3.57. The highest BCUT2D eigenvalue weighted by atomic mass is 16.1. The summed E-state index contributed by atoms with van der Waals surface area (Å²) in [5.74, 6) is -0.105. The van der Waals surface area contributed by atoms with E-state index < -0.39 is 0 Å². The van der Waals surface area contributed by atoms with E-state index in [0.717, 1.165) is 17.7 Å². The molecule has 3 rings (SSSR count). The number of carbonyl (C=O) groups is 1. The summed E-state index contributed by atoms with van der Waals surface area (Å²) >= 11 is 0. The maximum atomic E-state index is 12.1. The van der Waals surface area contributed by atoms with Gasteiger partial charge >= 0.3 is 0 Å². The second-order valence-corrected chi connectivity index (χ2v) is 5.33. The predicted molar refractivity (Wildman–Crippen MR) is 88.9 cm³/mol. The first-order valence-corrected chi connectivity index (χ1v) is 7.49. The lowest BCUT2D eigenvalue weighted by Crippen LogP contribution is -2.25. The first-order chi connectivity index (χ1) is 11.2. The Hall–Kier alpha value is -2.95. The van der Waals surface area contributed by atoms with Gasteiger partial charge < -0.3 is 5.32 Å². The summed E-state index contributed by atoms with van der Waals surface area (Å²) in [5, 5.41) is 7.03. The van der Waals surface area contributed by atoms with Gasteiger partial charge in [-0.15, -0.1) is 0 Å². The number of benzene rings is 1. The molecule has 0 aliphatic carbocycles. The predicted octanol–water partition coefficient (Wildman–Crippen LogP) is 2.45. The number of rotatable bonds is 5. The normalized spacial score (nSPS) is 10.5. The van der Waals surface area contributed by atoms with Gasteiger partial charge in [-0.1, -0.05) is 30.3 Å². The third kappa shape index (κ3) is 3.83. The highest BCUT2D eigenvalue weighted by Crippen LogP contribution is 2.15. The highest BCUT2D eigenvalue weighted by molar-refractivity contribution is 5.94. The van der Waals surface area contributed by atoms with Gasteiger partial charge in [0.2, 0.25) is 0 Å². The van der Waals surface area contributed by atoms with Crippen LogP contribution in [0.3, 0.4) is 0 Å². The van der Waals surface area contributed by atoms with Crippen LogP contribution in [0.4, 0.5) is 0 Å². The van der Waals surface area contributed by atoms with Gasteiger partial charge in [-0.25, -0.2) is 0 Å². The van der Waals surface area contributed by atoms with Crippen LogP contribution in [0.15, 0.2) is 61.1 Å². The fourth-order valence-electron chi connectivity index (χ4n) is 2.32. The molecule has 2 heterocycles. The van der Waals surface area contributed by atoms with Crippen LogP contribution in [0.1, 0.15) is 15.9 Å². The van der Waals surface area contributed by atoms with Crippen molar-refractivity contribution in [2.24, 2.45) is 7.05 Å². The molecule has 0 saturated heterocycles. The van der Waals surface area contributed by atoms with Crippen LogP contribution in [0.2, 0.25) is 0 Å². The quantitative estimate of drug-likeness (QED) is 0.787. The van der Waals surface area contributed by atoms with E-state index in [9.17, 15) is 4.79 Å². The molecule has 0 unspecified atom stereocenters. The van der Waals surface area contributed by atoms with Gasteiger partial charge in [0.05, 0.1) is 17.5 Å². The van der Waals surface area contributed by atoms with Gasteiger partial charge in [0, 0.05) is 31.5 Å². The zero-order chi connectivity index (χ0) is 16.1. The van der Waals surface area contributed by atoms with Crippen LogP contribution in [0.25, 0.3) is 11.3 Å². The molecule has 0 atom stereocenters. The largest absolute Gasteiger partial charge is 0.352 e. The van der Waals surface area contributed by atoms with Crippen LogP contribution in [0.5, 0.6) is 0 Å². The van der Waals surface area contributed by atoms with E-state index in [2.05, 4.69) is 27.5 Å². The van der Waals surface area contributed by atoms with Crippen LogP contribution in [-0.4, -0.2) is 27.2 Å². The van der Waals surface area contributed by atoms with Crippen molar-refractivity contribution in [3.05, 3.63) is 72.2 Å². The van der Waals surface area contributed by atoms with Crippen molar-refractivity contribution >= 4 is 5.91 Å². The smallest absolute Gasteiger partial charge is 0.252 e. The second-order valence-electron chi connectivity index (χ2n) is 5.33. The first kappa shape index (κ1) is 15.0. The van der Waals surface area contributed by atoms with Gasteiger partial charge in [-0.05, 0) is 24.1 Å². The molecule has 1 amide bonds. The summed E-state index contributed by atoms with van der Waals surface area (Å²) < 4.78 is 1.72. The Bertz CT molecular complexity index is 778.